The van der Waals surface area contributed by atoms with Gasteiger partial charge >= 0.3 is 6.18 Å². The summed E-state index contributed by atoms with van der Waals surface area (Å²) in [6.45, 7) is 6.20. The Hall–Kier alpha value is -3.06. The molecule has 3 rings (SSSR count). The Balaban J connectivity index is 1.83. The van der Waals surface area contributed by atoms with Crippen LogP contribution in [0.1, 0.15) is 47.8 Å². The van der Waals surface area contributed by atoms with Crippen LogP contribution in [0, 0.1) is 0 Å². The first-order valence-electron chi connectivity index (χ1n) is 9.82. The van der Waals surface area contributed by atoms with Crippen molar-refractivity contribution < 1.29 is 18.0 Å². The van der Waals surface area contributed by atoms with Crippen molar-refractivity contribution in [3.05, 3.63) is 98.4 Å². The van der Waals surface area contributed by atoms with Gasteiger partial charge in [0.2, 0.25) is 0 Å². The number of alkyl halides is 3. The van der Waals surface area contributed by atoms with Crippen LogP contribution in [0.15, 0.2) is 65.6 Å². The van der Waals surface area contributed by atoms with Gasteiger partial charge in [0.25, 0.3) is 11.5 Å². The van der Waals surface area contributed by atoms with Crippen LogP contribution in [0.25, 0.3) is 0 Å². The smallest absolute Gasteiger partial charge is 0.322 e. The molecular weight excluding hydrogens is 441 g/mol. The van der Waals surface area contributed by atoms with Crippen LogP contribution >= 0.6 is 11.6 Å². The number of halogens is 4. The van der Waals surface area contributed by atoms with Crippen molar-refractivity contribution in [2.24, 2.45) is 0 Å². The molecule has 0 fully saturated rings. The van der Waals surface area contributed by atoms with Crippen LogP contribution < -0.4 is 10.9 Å². The SMILES string of the molecule is CC(C)(C)c1ccc(NC(=O)c2cc(Cl)cn(Cc3ccc(C(F)(F)F)cc3)c2=O)cc1. The zero-order valence-corrected chi connectivity index (χ0v) is 18.5. The third kappa shape index (κ3) is 5.59. The second kappa shape index (κ2) is 8.82. The van der Waals surface area contributed by atoms with Crippen LogP contribution in [0.5, 0.6) is 0 Å². The van der Waals surface area contributed by atoms with E-state index in [4.69, 9.17) is 11.6 Å². The number of hydrogen-bond donors (Lipinski definition) is 1. The van der Waals surface area contributed by atoms with Gasteiger partial charge < -0.3 is 9.88 Å². The summed E-state index contributed by atoms with van der Waals surface area (Å²) < 4.78 is 39.4. The number of amides is 1. The number of nitrogens with zero attached hydrogens (tertiary/aromatic N) is 1. The van der Waals surface area contributed by atoms with Gasteiger partial charge in [-0.25, -0.2) is 0 Å². The van der Waals surface area contributed by atoms with Crippen LogP contribution in [0.2, 0.25) is 5.02 Å². The molecule has 0 aliphatic heterocycles. The number of aromatic nitrogens is 1. The monoisotopic (exact) mass is 462 g/mol. The molecule has 1 amide bonds. The summed E-state index contributed by atoms with van der Waals surface area (Å²) in [5, 5.41) is 2.84. The topological polar surface area (TPSA) is 51.1 Å². The Morgan fingerprint density at radius 1 is 0.969 bits per heavy atom. The van der Waals surface area contributed by atoms with Crippen molar-refractivity contribution in [3.8, 4) is 0 Å². The molecule has 4 nitrogen and oxygen atoms in total. The molecule has 0 radical (unpaired) electrons. The van der Waals surface area contributed by atoms with Crippen LogP contribution in [-0.4, -0.2) is 10.5 Å². The lowest BCUT2D eigenvalue weighted by Crippen LogP contribution is -2.29. The van der Waals surface area contributed by atoms with Gasteiger partial charge in [-0.1, -0.05) is 56.6 Å². The van der Waals surface area contributed by atoms with Gasteiger partial charge in [0.1, 0.15) is 5.56 Å². The summed E-state index contributed by atoms with van der Waals surface area (Å²) >= 11 is 6.10. The molecule has 168 valence electrons. The quantitative estimate of drug-likeness (QED) is 0.508. The largest absolute Gasteiger partial charge is 0.416 e. The van der Waals surface area contributed by atoms with Gasteiger partial charge in [0.05, 0.1) is 17.1 Å². The fourth-order valence-electron chi connectivity index (χ4n) is 3.13. The summed E-state index contributed by atoms with van der Waals surface area (Å²) in [5.74, 6) is -0.623. The van der Waals surface area contributed by atoms with Crippen molar-refractivity contribution in [2.75, 3.05) is 5.32 Å². The highest BCUT2D eigenvalue weighted by molar-refractivity contribution is 6.30. The van der Waals surface area contributed by atoms with Gasteiger partial charge in [-0.15, -0.1) is 0 Å². The molecule has 3 aromatic rings. The van der Waals surface area contributed by atoms with E-state index in [0.29, 0.717) is 11.3 Å². The average molecular weight is 463 g/mol. The van der Waals surface area contributed by atoms with Crippen molar-refractivity contribution in [1.82, 2.24) is 4.57 Å². The Labute approximate surface area is 188 Å². The van der Waals surface area contributed by atoms with E-state index in [1.54, 1.807) is 12.1 Å². The second-order valence-corrected chi connectivity index (χ2v) is 8.92. The highest BCUT2D eigenvalue weighted by Crippen LogP contribution is 2.29. The molecule has 0 unspecified atom stereocenters. The summed E-state index contributed by atoms with van der Waals surface area (Å²) in [6.07, 6.45) is -3.10. The molecule has 0 bridgehead atoms. The molecule has 0 aliphatic carbocycles. The van der Waals surface area contributed by atoms with E-state index >= 15 is 0 Å². The Bertz CT molecular complexity index is 1180. The predicted molar refractivity (Wildman–Crippen MR) is 119 cm³/mol. The molecule has 0 saturated carbocycles. The molecule has 0 aliphatic rings. The third-order valence-corrected chi connectivity index (χ3v) is 5.15. The number of carbonyl (C=O) groups is 1. The lowest BCUT2D eigenvalue weighted by atomic mass is 9.87. The Morgan fingerprint density at radius 2 is 1.53 bits per heavy atom. The molecule has 0 saturated heterocycles. The lowest BCUT2D eigenvalue weighted by molar-refractivity contribution is -0.137. The van der Waals surface area contributed by atoms with Gasteiger partial charge in [-0.05, 0) is 46.9 Å². The number of hydrogen-bond acceptors (Lipinski definition) is 2. The second-order valence-electron chi connectivity index (χ2n) is 8.48. The fourth-order valence-corrected chi connectivity index (χ4v) is 3.35. The standard InChI is InChI=1S/C24H22ClF3N2O2/c1-23(2,3)16-8-10-19(11-9-16)29-21(31)20-12-18(25)14-30(22(20)32)13-15-4-6-17(7-5-15)24(26,27)28/h4-12,14H,13H2,1-3H3,(H,29,31). The molecule has 1 aromatic heterocycles. The zero-order chi connectivity index (χ0) is 23.7. The number of rotatable bonds is 4. The van der Waals surface area contributed by atoms with E-state index < -0.39 is 23.2 Å². The first kappa shape index (κ1) is 23.6. The van der Waals surface area contributed by atoms with Gasteiger partial charge in [-0.3, -0.25) is 9.59 Å². The van der Waals surface area contributed by atoms with Crippen molar-refractivity contribution >= 4 is 23.2 Å². The number of anilines is 1. The van der Waals surface area contributed by atoms with E-state index in [1.165, 1.54) is 29.0 Å². The van der Waals surface area contributed by atoms with Crippen molar-refractivity contribution in [2.45, 2.75) is 38.9 Å². The van der Waals surface area contributed by atoms with Crippen molar-refractivity contribution in [3.63, 3.8) is 0 Å². The lowest BCUT2D eigenvalue weighted by Gasteiger charge is -2.19. The van der Waals surface area contributed by atoms with E-state index in [9.17, 15) is 22.8 Å². The normalized spacial score (nSPS) is 12.0. The zero-order valence-electron chi connectivity index (χ0n) is 17.8. The summed E-state index contributed by atoms with van der Waals surface area (Å²) in [6, 6.07) is 13.0. The van der Waals surface area contributed by atoms with E-state index in [2.05, 4.69) is 26.1 Å². The molecule has 1 N–H and O–H groups in total. The molecule has 0 spiro atoms. The summed E-state index contributed by atoms with van der Waals surface area (Å²) in [4.78, 5) is 25.6. The minimum absolute atomic E-state index is 0.0297. The maximum atomic E-state index is 12.8. The maximum Gasteiger partial charge on any atom is 0.416 e. The predicted octanol–water partition coefficient (Wildman–Crippen LogP) is 6.12. The number of benzene rings is 2. The molecule has 2 aromatic carbocycles. The number of pyridine rings is 1. The highest BCUT2D eigenvalue weighted by atomic mass is 35.5. The minimum atomic E-state index is -4.44. The molecule has 8 heteroatoms. The average Bonchev–Trinajstić information content (AvgIpc) is 2.70. The van der Waals surface area contributed by atoms with Gasteiger partial charge in [0.15, 0.2) is 0 Å². The molecular formula is C24H22ClF3N2O2. The summed E-state index contributed by atoms with van der Waals surface area (Å²) in [7, 11) is 0. The molecule has 0 atom stereocenters. The van der Waals surface area contributed by atoms with Crippen molar-refractivity contribution in [1.29, 1.82) is 0 Å². The van der Waals surface area contributed by atoms with Crippen LogP contribution in [0.3, 0.4) is 0 Å². The summed E-state index contributed by atoms with van der Waals surface area (Å²) in [5.41, 5.74) is 0.501. The number of nitrogens with one attached hydrogen (secondary N) is 1. The maximum absolute atomic E-state index is 12.8. The van der Waals surface area contributed by atoms with Gasteiger partial charge in [0, 0.05) is 11.9 Å². The fraction of sp³-hybridized carbons (Fsp3) is 0.250. The first-order valence-corrected chi connectivity index (χ1v) is 10.2. The molecule has 32 heavy (non-hydrogen) atoms. The highest BCUT2D eigenvalue weighted by Gasteiger charge is 2.30. The third-order valence-electron chi connectivity index (χ3n) is 4.94. The molecule has 1 heterocycles. The van der Waals surface area contributed by atoms with Crippen LogP contribution in [0.4, 0.5) is 18.9 Å². The van der Waals surface area contributed by atoms with Crippen LogP contribution in [-0.2, 0) is 18.1 Å². The number of carbonyl (C=O) groups excluding carboxylic acids is 1. The van der Waals surface area contributed by atoms with E-state index in [0.717, 1.165) is 17.7 Å². The van der Waals surface area contributed by atoms with Gasteiger partial charge in [-0.2, -0.15) is 13.2 Å². The van der Waals surface area contributed by atoms with E-state index in [1.807, 2.05) is 12.1 Å². The van der Waals surface area contributed by atoms with E-state index in [-0.39, 0.29) is 22.5 Å². The Morgan fingerprint density at radius 3 is 2.06 bits per heavy atom. The Kier molecular flexibility index (Phi) is 6.51. The minimum Gasteiger partial charge on any atom is -0.322 e. The first-order chi connectivity index (χ1) is 14.8.